The Morgan fingerprint density at radius 1 is 1.04 bits per heavy atom. The molecule has 23 heavy (non-hydrogen) atoms. The van der Waals surface area contributed by atoms with Crippen LogP contribution in [0.5, 0.6) is 5.75 Å². The second kappa shape index (κ2) is 6.97. The number of phenolic OH excluding ortho intramolecular Hbond substituents is 1. The summed E-state index contributed by atoms with van der Waals surface area (Å²) in [6.45, 7) is 7.97. The second-order valence-electron chi connectivity index (χ2n) is 6.02. The molecule has 1 nitrogen and oxygen atoms in total. The minimum absolute atomic E-state index is 0.126. The second-order valence-corrected chi connectivity index (χ2v) is 7.76. The molecular formula is C19H23F2OP. The van der Waals surface area contributed by atoms with Crippen LogP contribution in [0.2, 0.25) is 0 Å². The van der Waals surface area contributed by atoms with Gasteiger partial charge in [-0.05, 0) is 44.4 Å². The molecule has 0 saturated carbocycles. The Labute approximate surface area is 138 Å². The van der Waals surface area contributed by atoms with E-state index in [1.54, 1.807) is 0 Å². The molecule has 0 bridgehead atoms. The van der Waals surface area contributed by atoms with Crippen molar-refractivity contribution in [3.63, 3.8) is 0 Å². The summed E-state index contributed by atoms with van der Waals surface area (Å²) in [5.41, 5.74) is 2.77. The van der Waals surface area contributed by atoms with E-state index in [0.717, 1.165) is 35.6 Å². The molecule has 0 aliphatic heterocycles. The lowest BCUT2D eigenvalue weighted by molar-refractivity contribution is 0.444. The van der Waals surface area contributed by atoms with E-state index in [2.05, 4.69) is 13.8 Å². The first-order valence-electron chi connectivity index (χ1n) is 7.87. The van der Waals surface area contributed by atoms with Crippen LogP contribution in [0.4, 0.5) is 8.78 Å². The summed E-state index contributed by atoms with van der Waals surface area (Å²) < 4.78 is 27.3. The first kappa shape index (κ1) is 17.9. The van der Waals surface area contributed by atoms with Gasteiger partial charge in [-0.15, -0.1) is 0 Å². The molecule has 4 heteroatoms. The maximum absolute atomic E-state index is 14.1. The van der Waals surface area contributed by atoms with Gasteiger partial charge in [-0.2, -0.15) is 0 Å². The molecule has 1 atom stereocenters. The highest BCUT2D eigenvalue weighted by molar-refractivity contribution is 7.48. The van der Waals surface area contributed by atoms with Crippen molar-refractivity contribution in [1.29, 1.82) is 0 Å². The number of benzene rings is 2. The SMILES string of the molecule is CCC(CC)(Pc1ccc(F)cc1F)c1cc(C)cc(C)c1O. The lowest BCUT2D eigenvalue weighted by Crippen LogP contribution is -2.23. The van der Waals surface area contributed by atoms with Crippen LogP contribution in [-0.4, -0.2) is 5.11 Å². The normalized spacial score (nSPS) is 12.3. The van der Waals surface area contributed by atoms with Gasteiger partial charge in [-0.3, -0.25) is 0 Å². The molecule has 2 aromatic carbocycles. The van der Waals surface area contributed by atoms with Crippen molar-refractivity contribution >= 4 is 13.9 Å². The predicted octanol–water partition coefficient (Wildman–Crippen LogP) is 5.31. The van der Waals surface area contributed by atoms with Gasteiger partial charge in [0, 0.05) is 22.1 Å². The topological polar surface area (TPSA) is 20.2 Å². The highest BCUT2D eigenvalue weighted by Gasteiger charge is 2.33. The Morgan fingerprint density at radius 3 is 2.26 bits per heavy atom. The van der Waals surface area contributed by atoms with Gasteiger partial charge in [-0.25, -0.2) is 8.78 Å². The van der Waals surface area contributed by atoms with Crippen molar-refractivity contribution in [2.24, 2.45) is 0 Å². The molecule has 0 aliphatic rings. The van der Waals surface area contributed by atoms with E-state index >= 15 is 0 Å². The van der Waals surface area contributed by atoms with Crippen LogP contribution in [0, 0.1) is 25.5 Å². The number of hydrogen-bond acceptors (Lipinski definition) is 1. The molecular weight excluding hydrogens is 313 g/mol. The molecule has 2 rings (SSSR count). The molecule has 1 unspecified atom stereocenters. The van der Waals surface area contributed by atoms with Gasteiger partial charge in [-0.1, -0.05) is 40.1 Å². The quantitative estimate of drug-likeness (QED) is 0.734. The standard InChI is InChI=1S/C19H23F2OP/c1-5-19(6-2,15-10-12(3)9-13(4)18(15)22)23-17-8-7-14(20)11-16(17)21/h7-11,22-23H,5-6H2,1-4H3. The van der Waals surface area contributed by atoms with Crippen molar-refractivity contribution in [3.05, 3.63) is 58.7 Å². The zero-order chi connectivity index (χ0) is 17.2. The lowest BCUT2D eigenvalue weighted by Gasteiger charge is -2.34. The summed E-state index contributed by atoms with van der Waals surface area (Å²) in [7, 11) is 0.126. The van der Waals surface area contributed by atoms with Crippen LogP contribution < -0.4 is 5.30 Å². The third-order valence-electron chi connectivity index (χ3n) is 4.47. The first-order chi connectivity index (χ1) is 10.8. The predicted molar refractivity (Wildman–Crippen MR) is 94.1 cm³/mol. The molecule has 0 fully saturated rings. The number of aryl methyl sites for hydroxylation is 2. The third kappa shape index (κ3) is 3.55. The van der Waals surface area contributed by atoms with E-state index in [0.29, 0.717) is 5.30 Å². The van der Waals surface area contributed by atoms with Crippen LogP contribution in [0.15, 0.2) is 30.3 Å². The van der Waals surface area contributed by atoms with Crippen molar-refractivity contribution in [2.45, 2.75) is 45.7 Å². The number of rotatable bonds is 5. The smallest absolute Gasteiger partial charge is 0.133 e. The Hall–Kier alpha value is -1.47. The summed E-state index contributed by atoms with van der Waals surface area (Å²) in [5, 5.41) is 10.7. The zero-order valence-corrected chi connectivity index (χ0v) is 15.0. The van der Waals surface area contributed by atoms with E-state index in [1.807, 2.05) is 26.0 Å². The van der Waals surface area contributed by atoms with E-state index in [1.165, 1.54) is 12.1 Å². The molecule has 1 N–H and O–H groups in total. The van der Waals surface area contributed by atoms with Gasteiger partial charge < -0.3 is 5.11 Å². The largest absolute Gasteiger partial charge is 0.507 e. The van der Waals surface area contributed by atoms with E-state index < -0.39 is 11.6 Å². The average Bonchev–Trinajstić information content (AvgIpc) is 2.51. The zero-order valence-electron chi connectivity index (χ0n) is 14.0. The molecule has 0 spiro atoms. The summed E-state index contributed by atoms with van der Waals surface area (Å²) in [5.74, 6) is -0.795. The van der Waals surface area contributed by atoms with Gasteiger partial charge in [0.1, 0.15) is 17.4 Å². The fourth-order valence-corrected chi connectivity index (χ4v) is 4.60. The number of phenols is 1. The van der Waals surface area contributed by atoms with Gasteiger partial charge in [0.2, 0.25) is 0 Å². The van der Waals surface area contributed by atoms with E-state index in [-0.39, 0.29) is 19.5 Å². The Kier molecular flexibility index (Phi) is 5.41. The lowest BCUT2D eigenvalue weighted by atomic mass is 9.89. The van der Waals surface area contributed by atoms with Crippen molar-refractivity contribution in [3.8, 4) is 5.75 Å². The molecule has 0 heterocycles. The Bertz CT molecular complexity index is 709. The third-order valence-corrected chi connectivity index (χ3v) is 6.60. The van der Waals surface area contributed by atoms with E-state index in [9.17, 15) is 13.9 Å². The summed E-state index contributed by atoms with van der Waals surface area (Å²) in [4.78, 5) is 0. The first-order valence-corrected chi connectivity index (χ1v) is 8.87. The van der Waals surface area contributed by atoms with Crippen LogP contribution in [-0.2, 0) is 5.16 Å². The van der Waals surface area contributed by atoms with Crippen molar-refractivity contribution < 1.29 is 13.9 Å². The van der Waals surface area contributed by atoms with E-state index in [4.69, 9.17) is 0 Å². The van der Waals surface area contributed by atoms with Crippen molar-refractivity contribution in [2.75, 3.05) is 0 Å². The van der Waals surface area contributed by atoms with Gasteiger partial charge in [0.05, 0.1) is 0 Å². The molecule has 124 valence electrons. The maximum Gasteiger partial charge on any atom is 0.133 e. The number of hydrogen-bond donors (Lipinski definition) is 1. The fourth-order valence-electron chi connectivity index (χ4n) is 3.05. The Balaban J connectivity index is 2.56. The summed E-state index contributed by atoms with van der Waals surface area (Å²) >= 11 is 0. The summed E-state index contributed by atoms with van der Waals surface area (Å²) in [6.07, 6.45) is 1.55. The minimum atomic E-state index is -0.566. The van der Waals surface area contributed by atoms with Crippen LogP contribution in [0.25, 0.3) is 0 Å². The van der Waals surface area contributed by atoms with Gasteiger partial charge in [0.25, 0.3) is 0 Å². The molecule has 2 aromatic rings. The molecule has 0 saturated heterocycles. The number of aromatic hydroxyl groups is 1. The molecule has 0 radical (unpaired) electrons. The van der Waals surface area contributed by atoms with Gasteiger partial charge in [0.15, 0.2) is 0 Å². The van der Waals surface area contributed by atoms with Crippen LogP contribution >= 0.6 is 8.58 Å². The monoisotopic (exact) mass is 336 g/mol. The maximum atomic E-state index is 14.1. The van der Waals surface area contributed by atoms with Crippen LogP contribution in [0.3, 0.4) is 0 Å². The fraction of sp³-hybridized carbons (Fsp3) is 0.368. The molecule has 0 aromatic heterocycles. The van der Waals surface area contributed by atoms with Crippen LogP contribution in [0.1, 0.15) is 43.4 Å². The highest BCUT2D eigenvalue weighted by Crippen LogP contribution is 2.50. The summed E-state index contributed by atoms with van der Waals surface area (Å²) in [6, 6.07) is 7.67. The highest BCUT2D eigenvalue weighted by atomic mass is 31.1. The average molecular weight is 336 g/mol. The van der Waals surface area contributed by atoms with Crippen molar-refractivity contribution in [1.82, 2.24) is 0 Å². The number of halogens is 2. The molecule has 0 aliphatic carbocycles. The molecule has 0 amide bonds. The Morgan fingerprint density at radius 2 is 1.70 bits per heavy atom. The minimum Gasteiger partial charge on any atom is -0.507 e. The van der Waals surface area contributed by atoms with Gasteiger partial charge >= 0.3 is 0 Å².